The SMILES string of the molecule is CN[C@@H](C)C(=O)N[C@H](C(=O)N1CCC[C@H]1C(=O)Nn1cnnc1-c1ccccc1)C1=CCCCC1. The van der Waals surface area contributed by atoms with Crippen LogP contribution in [0, 0.1) is 0 Å². The molecule has 35 heavy (non-hydrogen) atoms. The Bertz CT molecular complexity index is 1080. The van der Waals surface area contributed by atoms with Crippen molar-refractivity contribution in [3.8, 4) is 11.4 Å². The first-order valence-corrected chi connectivity index (χ1v) is 12.2. The molecule has 1 aliphatic heterocycles. The van der Waals surface area contributed by atoms with Crippen molar-refractivity contribution in [2.75, 3.05) is 19.0 Å². The molecule has 0 spiro atoms. The molecular weight excluding hydrogens is 446 g/mol. The molecular formula is C25H33N7O3. The van der Waals surface area contributed by atoms with Crippen LogP contribution in [0.1, 0.15) is 45.4 Å². The zero-order chi connectivity index (χ0) is 24.8. The van der Waals surface area contributed by atoms with E-state index in [9.17, 15) is 14.4 Å². The summed E-state index contributed by atoms with van der Waals surface area (Å²) in [5.74, 6) is -0.276. The van der Waals surface area contributed by atoms with Gasteiger partial charge in [-0.2, -0.15) is 0 Å². The second-order valence-electron chi connectivity index (χ2n) is 9.03. The van der Waals surface area contributed by atoms with Crippen LogP contribution < -0.4 is 16.1 Å². The van der Waals surface area contributed by atoms with Crippen molar-refractivity contribution >= 4 is 17.7 Å². The van der Waals surface area contributed by atoms with Crippen LogP contribution in [0.15, 0.2) is 48.3 Å². The quantitative estimate of drug-likeness (QED) is 0.495. The highest BCUT2D eigenvalue weighted by molar-refractivity contribution is 5.97. The van der Waals surface area contributed by atoms with Crippen LogP contribution in [-0.4, -0.2) is 69.2 Å². The van der Waals surface area contributed by atoms with E-state index in [0.29, 0.717) is 25.2 Å². The standard InChI is InChI=1S/C25H33N7O3/c1-17(26-2)23(33)28-21(18-10-5-3-6-11-18)25(35)31-15-9-14-20(31)24(34)30-32-16-27-29-22(32)19-12-7-4-8-13-19/h4,7-8,10,12-13,16-17,20-21,26H,3,5-6,9,11,14-15H2,1-2H3,(H,28,33)(H,30,34)/t17-,20-,21-/m0/s1. The highest BCUT2D eigenvalue weighted by atomic mass is 16.2. The average Bonchev–Trinajstić information content (AvgIpc) is 3.57. The van der Waals surface area contributed by atoms with Crippen molar-refractivity contribution in [1.29, 1.82) is 0 Å². The first-order valence-electron chi connectivity index (χ1n) is 12.2. The fourth-order valence-electron chi connectivity index (χ4n) is 4.60. The molecule has 4 rings (SSSR count). The number of amides is 3. The molecule has 1 aliphatic carbocycles. The number of hydrogen-bond donors (Lipinski definition) is 3. The van der Waals surface area contributed by atoms with E-state index in [4.69, 9.17) is 0 Å². The van der Waals surface area contributed by atoms with E-state index >= 15 is 0 Å². The maximum atomic E-state index is 13.7. The Morgan fingerprint density at radius 2 is 1.91 bits per heavy atom. The molecule has 3 atom stereocenters. The molecule has 0 unspecified atom stereocenters. The van der Waals surface area contributed by atoms with Gasteiger partial charge >= 0.3 is 0 Å². The third-order valence-electron chi connectivity index (χ3n) is 6.71. The molecule has 2 heterocycles. The van der Waals surface area contributed by atoms with E-state index in [2.05, 4.69) is 32.3 Å². The topological polar surface area (TPSA) is 121 Å². The number of carbonyl (C=O) groups is 3. The lowest BCUT2D eigenvalue weighted by molar-refractivity contribution is -0.139. The number of nitrogens with one attached hydrogen (secondary N) is 3. The van der Waals surface area contributed by atoms with Crippen molar-refractivity contribution in [1.82, 2.24) is 30.4 Å². The minimum Gasteiger partial charge on any atom is -0.339 e. The fourth-order valence-corrected chi connectivity index (χ4v) is 4.60. The first kappa shape index (κ1) is 24.6. The Labute approximate surface area is 205 Å². The van der Waals surface area contributed by atoms with Gasteiger partial charge in [0.15, 0.2) is 5.82 Å². The van der Waals surface area contributed by atoms with Crippen LogP contribution in [0.25, 0.3) is 11.4 Å². The number of allylic oxidation sites excluding steroid dienone is 1. The molecule has 186 valence electrons. The van der Waals surface area contributed by atoms with Gasteiger partial charge in [-0.1, -0.05) is 36.4 Å². The second-order valence-corrected chi connectivity index (χ2v) is 9.03. The van der Waals surface area contributed by atoms with Gasteiger partial charge < -0.3 is 15.5 Å². The van der Waals surface area contributed by atoms with Crippen molar-refractivity contribution < 1.29 is 14.4 Å². The molecule has 1 aromatic carbocycles. The third-order valence-corrected chi connectivity index (χ3v) is 6.71. The monoisotopic (exact) mass is 479 g/mol. The number of likely N-dealkylation sites (tertiary alicyclic amines) is 1. The molecule has 10 heteroatoms. The molecule has 1 saturated heterocycles. The maximum Gasteiger partial charge on any atom is 0.261 e. The van der Waals surface area contributed by atoms with Crippen molar-refractivity contribution in [2.24, 2.45) is 0 Å². The van der Waals surface area contributed by atoms with E-state index < -0.39 is 18.1 Å². The average molecular weight is 480 g/mol. The van der Waals surface area contributed by atoms with Gasteiger partial charge in [0.2, 0.25) is 11.8 Å². The predicted molar refractivity (Wildman–Crippen MR) is 132 cm³/mol. The molecule has 0 radical (unpaired) electrons. The normalized spacial score (nSPS) is 19.5. The van der Waals surface area contributed by atoms with Crippen LogP contribution in [0.2, 0.25) is 0 Å². The van der Waals surface area contributed by atoms with Gasteiger partial charge in [-0.15, -0.1) is 10.2 Å². The van der Waals surface area contributed by atoms with E-state index in [0.717, 1.165) is 36.8 Å². The van der Waals surface area contributed by atoms with Gasteiger partial charge in [0.05, 0.1) is 6.04 Å². The highest BCUT2D eigenvalue weighted by Gasteiger charge is 2.39. The summed E-state index contributed by atoms with van der Waals surface area (Å²) >= 11 is 0. The number of rotatable bonds is 8. The first-order chi connectivity index (χ1) is 17.0. The summed E-state index contributed by atoms with van der Waals surface area (Å²) in [5.41, 5.74) is 4.59. The molecule has 2 aliphatic rings. The number of aromatic nitrogens is 3. The van der Waals surface area contributed by atoms with Crippen molar-refractivity contribution in [3.63, 3.8) is 0 Å². The number of nitrogens with zero attached hydrogens (tertiary/aromatic N) is 4. The largest absolute Gasteiger partial charge is 0.339 e. The molecule has 2 aromatic rings. The van der Waals surface area contributed by atoms with Crippen LogP contribution in [0.3, 0.4) is 0 Å². The molecule has 0 saturated carbocycles. The summed E-state index contributed by atoms with van der Waals surface area (Å²) in [6.45, 7) is 2.22. The van der Waals surface area contributed by atoms with Gasteiger partial charge in [0.1, 0.15) is 18.4 Å². The molecule has 1 fully saturated rings. The lowest BCUT2D eigenvalue weighted by Crippen LogP contribution is -2.56. The highest BCUT2D eigenvalue weighted by Crippen LogP contribution is 2.25. The number of carbonyl (C=O) groups excluding carboxylic acids is 3. The summed E-state index contributed by atoms with van der Waals surface area (Å²) in [7, 11) is 1.70. The smallest absolute Gasteiger partial charge is 0.261 e. The fraction of sp³-hybridized carbons (Fsp3) is 0.480. The van der Waals surface area contributed by atoms with Crippen molar-refractivity contribution in [2.45, 2.75) is 63.6 Å². The van der Waals surface area contributed by atoms with Crippen LogP contribution in [0.4, 0.5) is 0 Å². The third kappa shape index (κ3) is 5.59. The summed E-state index contributed by atoms with van der Waals surface area (Å²) in [4.78, 5) is 41.3. The molecule has 3 N–H and O–H groups in total. The molecule has 10 nitrogen and oxygen atoms in total. The predicted octanol–water partition coefficient (Wildman–Crippen LogP) is 1.60. The Kier molecular flexibility index (Phi) is 7.91. The second kappa shape index (κ2) is 11.3. The van der Waals surface area contributed by atoms with Gasteiger partial charge in [0.25, 0.3) is 5.91 Å². The van der Waals surface area contributed by atoms with Crippen LogP contribution in [0.5, 0.6) is 0 Å². The lowest BCUT2D eigenvalue weighted by atomic mass is 9.92. The Hall–Kier alpha value is -3.53. The summed E-state index contributed by atoms with van der Waals surface area (Å²) < 4.78 is 1.48. The van der Waals surface area contributed by atoms with Gasteiger partial charge in [-0.25, -0.2) is 4.68 Å². The minimum atomic E-state index is -0.762. The number of hydrogen-bond acceptors (Lipinski definition) is 6. The molecule has 1 aromatic heterocycles. The van der Waals surface area contributed by atoms with Gasteiger partial charge in [0, 0.05) is 12.1 Å². The van der Waals surface area contributed by atoms with Crippen LogP contribution >= 0.6 is 0 Å². The summed E-state index contributed by atoms with van der Waals surface area (Å²) in [6.07, 6.45) is 8.46. The zero-order valence-corrected chi connectivity index (χ0v) is 20.2. The summed E-state index contributed by atoms with van der Waals surface area (Å²) in [5, 5.41) is 13.9. The Balaban J connectivity index is 1.52. The van der Waals surface area contributed by atoms with E-state index in [1.54, 1.807) is 18.9 Å². The van der Waals surface area contributed by atoms with E-state index in [1.807, 2.05) is 30.3 Å². The Morgan fingerprint density at radius 1 is 1.11 bits per heavy atom. The van der Waals surface area contributed by atoms with E-state index in [-0.39, 0.29) is 17.7 Å². The van der Waals surface area contributed by atoms with Crippen LogP contribution in [-0.2, 0) is 14.4 Å². The molecule has 0 bridgehead atoms. The number of likely N-dealkylation sites (N-methyl/N-ethyl adjacent to an activating group) is 1. The lowest BCUT2D eigenvalue weighted by Gasteiger charge is -2.31. The number of benzene rings is 1. The van der Waals surface area contributed by atoms with Gasteiger partial charge in [-0.3, -0.25) is 19.8 Å². The minimum absolute atomic E-state index is 0.237. The van der Waals surface area contributed by atoms with Gasteiger partial charge in [-0.05, 0) is 58.1 Å². The zero-order valence-electron chi connectivity index (χ0n) is 20.2. The Morgan fingerprint density at radius 3 is 2.63 bits per heavy atom. The van der Waals surface area contributed by atoms with E-state index in [1.165, 1.54) is 11.0 Å². The maximum absolute atomic E-state index is 13.7. The summed E-state index contributed by atoms with van der Waals surface area (Å²) in [6, 6.07) is 7.61. The molecule has 3 amide bonds. The van der Waals surface area contributed by atoms with Crippen molar-refractivity contribution in [3.05, 3.63) is 48.3 Å².